The lowest BCUT2D eigenvalue weighted by atomic mass is 9.98. The lowest BCUT2D eigenvalue weighted by Gasteiger charge is -2.25. The summed E-state index contributed by atoms with van der Waals surface area (Å²) in [5, 5.41) is 3.24. The fourth-order valence-corrected chi connectivity index (χ4v) is 2.68. The number of carbonyl (C=O) groups is 1. The molecule has 0 saturated heterocycles. The van der Waals surface area contributed by atoms with Crippen LogP contribution in [-0.2, 0) is 0 Å². The Kier molecular flexibility index (Phi) is 3.21. The Labute approximate surface area is 115 Å². The molecule has 0 unspecified atom stereocenters. The highest BCUT2D eigenvalue weighted by molar-refractivity contribution is 5.75. The molecule has 19 heavy (non-hydrogen) atoms. The second-order valence-corrected chi connectivity index (χ2v) is 5.96. The highest BCUT2D eigenvalue weighted by Crippen LogP contribution is 2.42. The van der Waals surface area contributed by atoms with E-state index in [-0.39, 0.29) is 12.1 Å². The molecule has 102 valence electrons. The van der Waals surface area contributed by atoms with Crippen molar-refractivity contribution in [1.29, 1.82) is 0 Å². The normalized spacial score (nSPS) is 19.9. The Morgan fingerprint density at radius 3 is 2.53 bits per heavy atom. The molecule has 2 amide bonds. The molecule has 0 radical (unpaired) electrons. The van der Waals surface area contributed by atoms with E-state index in [2.05, 4.69) is 36.5 Å². The second kappa shape index (κ2) is 4.87. The molecule has 1 aromatic carbocycles. The van der Waals surface area contributed by atoms with E-state index in [0.29, 0.717) is 12.0 Å². The maximum atomic E-state index is 12.3. The zero-order valence-electron chi connectivity index (χ0n) is 11.7. The minimum Gasteiger partial charge on any atom is -0.331 e. The molecule has 0 heterocycles. The first kappa shape index (κ1) is 12.5. The fraction of sp³-hybridized carbons (Fsp3) is 0.562. The molecule has 3 rings (SSSR count). The third kappa shape index (κ3) is 2.75. The zero-order chi connectivity index (χ0) is 13.4. The van der Waals surface area contributed by atoms with Crippen molar-refractivity contribution in [1.82, 2.24) is 10.2 Å². The number of carbonyl (C=O) groups excluding carboxylic acids is 1. The van der Waals surface area contributed by atoms with Gasteiger partial charge in [-0.1, -0.05) is 24.3 Å². The van der Waals surface area contributed by atoms with Crippen molar-refractivity contribution in [2.24, 2.45) is 5.92 Å². The van der Waals surface area contributed by atoms with Crippen LogP contribution < -0.4 is 5.32 Å². The summed E-state index contributed by atoms with van der Waals surface area (Å²) in [6, 6.07) is 9.14. The van der Waals surface area contributed by atoms with Crippen molar-refractivity contribution in [3.05, 3.63) is 35.4 Å². The van der Waals surface area contributed by atoms with Crippen LogP contribution in [0.4, 0.5) is 4.79 Å². The molecule has 1 N–H and O–H groups in total. The number of nitrogens with zero attached hydrogens (tertiary/aromatic N) is 1. The average molecular weight is 258 g/mol. The van der Waals surface area contributed by atoms with Crippen LogP contribution in [0, 0.1) is 12.8 Å². The van der Waals surface area contributed by atoms with Gasteiger partial charge in [-0.05, 0) is 49.7 Å². The van der Waals surface area contributed by atoms with Crippen LogP contribution in [0.3, 0.4) is 0 Å². The molecule has 0 spiro atoms. The molecule has 3 nitrogen and oxygen atoms in total. The molecule has 1 aromatic rings. The van der Waals surface area contributed by atoms with E-state index in [1.807, 2.05) is 11.9 Å². The Morgan fingerprint density at radius 2 is 1.95 bits per heavy atom. The van der Waals surface area contributed by atoms with Crippen molar-refractivity contribution < 1.29 is 4.79 Å². The van der Waals surface area contributed by atoms with Crippen molar-refractivity contribution in [2.45, 2.75) is 44.7 Å². The lowest BCUT2D eigenvalue weighted by Crippen LogP contribution is -2.41. The molecule has 0 aliphatic heterocycles. The minimum absolute atomic E-state index is 0.0858. The molecular weight excluding hydrogens is 236 g/mol. The van der Waals surface area contributed by atoms with Crippen LogP contribution in [0.25, 0.3) is 0 Å². The minimum atomic E-state index is 0.0858. The Balaban J connectivity index is 1.74. The third-order valence-corrected chi connectivity index (χ3v) is 4.31. The first-order chi connectivity index (χ1) is 9.16. The van der Waals surface area contributed by atoms with Gasteiger partial charge in [-0.2, -0.15) is 0 Å². The van der Waals surface area contributed by atoms with Gasteiger partial charge in [-0.15, -0.1) is 0 Å². The first-order valence-corrected chi connectivity index (χ1v) is 7.25. The number of benzene rings is 1. The van der Waals surface area contributed by atoms with Gasteiger partial charge < -0.3 is 10.2 Å². The van der Waals surface area contributed by atoms with Crippen LogP contribution in [0.1, 0.15) is 42.9 Å². The molecule has 2 fully saturated rings. The van der Waals surface area contributed by atoms with Crippen LogP contribution in [-0.4, -0.2) is 24.0 Å². The number of hydrogen-bond donors (Lipinski definition) is 1. The van der Waals surface area contributed by atoms with Gasteiger partial charge in [0.2, 0.25) is 0 Å². The van der Waals surface area contributed by atoms with Gasteiger partial charge in [0.15, 0.2) is 0 Å². The molecule has 2 saturated carbocycles. The van der Waals surface area contributed by atoms with E-state index >= 15 is 0 Å². The molecule has 1 atom stereocenters. The number of rotatable bonds is 4. The highest BCUT2D eigenvalue weighted by atomic mass is 16.2. The molecular formula is C16H22N2O. The maximum Gasteiger partial charge on any atom is 0.317 e. The number of urea groups is 1. The van der Waals surface area contributed by atoms with Crippen LogP contribution in [0.15, 0.2) is 24.3 Å². The maximum absolute atomic E-state index is 12.3. The van der Waals surface area contributed by atoms with E-state index in [0.717, 1.165) is 12.8 Å². The summed E-state index contributed by atoms with van der Waals surface area (Å²) >= 11 is 0. The fourth-order valence-electron chi connectivity index (χ4n) is 2.68. The third-order valence-electron chi connectivity index (χ3n) is 4.31. The van der Waals surface area contributed by atoms with E-state index in [1.54, 1.807) is 0 Å². The van der Waals surface area contributed by atoms with Crippen molar-refractivity contribution >= 4 is 6.03 Å². The standard InChI is InChI=1S/C16H22N2O/c1-11-5-3-4-6-14(11)15(12-7-8-12)17-16(19)18(2)13-9-10-13/h3-6,12-13,15H,7-10H2,1-2H3,(H,17,19)/t15-/m1/s1. The summed E-state index contributed by atoms with van der Waals surface area (Å²) in [5.74, 6) is 0.623. The molecule has 3 heteroatoms. The Bertz CT molecular complexity index is 477. The molecule has 2 aliphatic rings. The van der Waals surface area contributed by atoms with Crippen LogP contribution >= 0.6 is 0 Å². The number of amides is 2. The average Bonchev–Trinajstić information content (AvgIpc) is 3.29. The summed E-state index contributed by atoms with van der Waals surface area (Å²) in [5.41, 5.74) is 2.55. The highest BCUT2D eigenvalue weighted by Gasteiger charge is 2.36. The Morgan fingerprint density at radius 1 is 1.26 bits per heavy atom. The largest absolute Gasteiger partial charge is 0.331 e. The lowest BCUT2D eigenvalue weighted by molar-refractivity contribution is 0.201. The first-order valence-electron chi connectivity index (χ1n) is 7.25. The number of aryl methyl sites for hydroxylation is 1. The predicted molar refractivity (Wildman–Crippen MR) is 76.0 cm³/mol. The van der Waals surface area contributed by atoms with E-state index in [1.165, 1.54) is 24.0 Å². The zero-order valence-corrected chi connectivity index (χ0v) is 11.7. The quantitative estimate of drug-likeness (QED) is 0.883. The Hall–Kier alpha value is -1.51. The number of nitrogens with one attached hydrogen (secondary N) is 1. The van der Waals surface area contributed by atoms with E-state index in [9.17, 15) is 4.79 Å². The second-order valence-electron chi connectivity index (χ2n) is 5.96. The summed E-state index contributed by atoms with van der Waals surface area (Å²) in [4.78, 5) is 14.1. The summed E-state index contributed by atoms with van der Waals surface area (Å²) in [7, 11) is 1.91. The SMILES string of the molecule is Cc1ccccc1[C@H](NC(=O)N(C)C1CC1)C1CC1. The van der Waals surface area contributed by atoms with Gasteiger partial charge in [-0.25, -0.2) is 4.79 Å². The summed E-state index contributed by atoms with van der Waals surface area (Å²) in [6.45, 7) is 2.13. The topological polar surface area (TPSA) is 32.3 Å². The van der Waals surface area contributed by atoms with Gasteiger partial charge >= 0.3 is 6.03 Å². The smallest absolute Gasteiger partial charge is 0.317 e. The van der Waals surface area contributed by atoms with Crippen molar-refractivity contribution in [2.75, 3.05) is 7.05 Å². The van der Waals surface area contributed by atoms with Crippen LogP contribution in [0.5, 0.6) is 0 Å². The summed E-state index contributed by atoms with van der Waals surface area (Å²) in [6.07, 6.45) is 4.77. The molecule has 0 bridgehead atoms. The number of hydrogen-bond acceptors (Lipinski definition) is 1. The predicted octanol–water partition coefficient (Wildman–Crippen LogP) is 3.25. The van der Waals surface area contributed by atoms with Gasteiger partial charge in [-0.3, -0.25) is 0 Å². The van der Waals surface area contributed by atoms with E-state index < -0.39 is 0 Å². The molecule has 0 aromatic heterocycles. The van der Waals surface area contributed by atoms with Crippen molar-refractivity contribution in [3.8, 4) is 0 Å². The van der Waals surface area contributed by atoms with Gasteiger partial charge in [0, 0.05) is 13.1 Å². The van der Waals surface area contributed by atoms with Crippen molar-refractivity contribution in [3.63, 3.8) is 0 Å². The molecule has 2 aliphatic carbocycles. The van der Waals surface area contributed by atoms with Crippen LogP contribution in [0.2, 0.25) is 0 Å². The monoisotopic (exact) mass is 258 g/mol. The van der Waals surface area contributed by atoms with Gasteiger partial charge in [0.25, 0.3) is 0 Å². The summed E-state index contributed by atoms with van der Waals surface area (Å²) < 4.78 is 0. The van der Waals surface area contributed by atoms with E-state index in [4.69, 9.17) is 0 Å². The van der Waals surface area contributed by atoms with Gasteiger partial charge in [0.05, 0.1) is 6.04 Å². The van der Waals surface area contributed by atoms with Gasteiger partial charge in [0.1, 0.15) is 0 Å².